The lowest BCUT2D eigenvalue weighted by atomic mass is 9.78. The first kappa shape index (κ1) is 19.6. The first-order valence-corrected chi connectivity index (χ1v) is 10.7. The van der Waals surface area contributed by atoms with Gasteiger partial charge in [-0.2, -0.15) is 0 Å². The first-order chi connectivity index (χ1) is 14.2. The van der Waals surface area contributed by atoms with Gasteiger partial charge in [0.15, 0.2) is 0 Å². The van der Waals surface area contributed by atoms with Crippen LogP contribution in [-0.2, 0) is 22.4 Å². The fourth-order valence-corrected chi connectivity index (χ4v) is 4.74. The number of aryl methyl sites for hydroxylation is 1. The largest absolute Gasteiger partial charge is 0.342 e. The van der Waals surface area contributed by atoms with E-state index in [9.17, 15) is 9.59 Å². The highest BCUT2D eigenvalue weighted by Gasteiger charge is 2.49. The molecule has 1 spiro atoms. The Balaban J connectivity index is 1.33. The summed E-state index contributed by atoms with van der Waals surface area (Å²) in [6.45, 7) is 2.90. The highest BCUT2D eigenvalue weighted by molar-refractivity contribution is 5.86. The van der Waals surface area contributed by atoms with Crippen molar-refractivity contribution in [1.29, 1.82) is 0 Å². The quantitative estimate of drug-likeness (QED) is 0.760. The Morgan fingerprint density at radius 2 is 1.86 bits per heavy atom. The summed E-state index contributed by atoms with van der Waals surface area (Å²) in [5, 5.41) is 0. The number of benzene rings is 1. The van der Waals surface area contributed by atoms with Crippen LogP contribution in [0.3, 0.4) is 0 Å². The minimum absolute atomic E-state index is 0.101. The molecule has 2 aromatic rings. The normalized spacial score (nSPS) is 21.7. The number of piperidine rings is 1. The van der Waals surface area contributed by atoms with Crippen molar-refractivity contribution in [2.75, 3.05) is 26.2 Å². The molecule has 1 atom stereocenters. The second-order valence-corrected chi connectivity index (χ2v) is 8.37. The highest BCUT2D eigenvalue weighted by Crippen LogP contribution is 2.40. The Labute approximate surface area is 172 Å². The lowest BCUT2D eigenvalue weighted by Gasteiger charge is -2.39. The van der Waals surface area contributed by atoms with Crippen LogP contribution in [0.4, 0.5) is 0 Å². The molecule has 5 heteroatoms. The number of carbonyl (C=O) groups excluding carboxylic acids is 2. The van der Waals surface area contributed by atoms with Gasteiger partial charge in [-0.1, -0.05) is 36.4 Å². The molecular formula is C24H29N3O2. The number of carbonyl (C=O) groups is 2. The van der Waals surface area contributed by atoms with Crippen molar-refractivity contribution < 1.29 is 9.59 Å². The molecule has 2 aliphatic heterocycles. The van der Waals surface area contributed by atoms with Crippen LogP contribution >= 0.6 is 0 Å². The third-order valence-corrected chi connectivity index (χ3v) is 6.35. The van der Waals surface area contributed by atoms with Crippen LogP contribution in [0.5, 0.6) is 0 Å². The van der Waals surface area contributed by atoms with Gasteiger partial charge >= 0.3 is 0 Å². The summed E-state index contributed by atoms with van der Waals surface area (Å²) in [7, 11) is 0. The molecule has 1 aromatic carbocycles. The van der Waals surface area contributed by atoms with Crippen LogP contribution in [0.1, 0.15) is 36.8 Å². The molecule has 2 amide bonds. The summed E-state index contributed by atoms with van der Waals surface area (Å²) in [6.07, 6.45) is 8.51. The lowest BCUT2D eigenvalue weighted by Crippen LogP contribution is -2.50. The molecule has 2 fully saturated rings. The fourth-order valence-electron chi connectivity index (χ4n) is 4.74. The van der Waals surface area contributed by atoms with Gasteiger partial charge in [0.1, 0.15) is 0 Å². The third-order valence-electron chi connectivity index (χ3n) is 6.35. The average Bonchev–Trinajstić information content (AvgIpc) is 3.18. The van der Waals surface area contributed by atoms with Gasteiger partial charge in [0.05, 0.1) is 11.8 Å². The van der Waals surface area contributed by atoms with E-state index in [1.807, 2.05) is 28.0 Å². The zero-order chi connectivity index (χ0) is 20.1. The average molecular weight is 392 g/mol. The molecular weight excluding hydrogens is 362 g/mol. The molecule has 29 heavy (non-hydrogen) atoms. The smallest absolute Gasteiger partial charge is 0.230 e. The maximum absolute atomic E-state index is 13.3. The Kier molecular flexibility index (Phi) is 5.93. The van der Waals surface area contributed by atoms with Crippen molar-refractivity contribution in [3.05, 3.63) is 66.0 Å². The maximum Gasteiger partial charge on any atom is 0.230 e. The lowest BCUT2D eigenvalue weighted by molar-refractivity contribution is -0.146. The van der Waals surface area contributed by atoms with Gasteiger partial charge in [0.25, 0.3) is 0 Å². The zero-order valence-electron chi connectivity index (χ0n) is 16.9. The second-order valence-electron chi connectivity index (χ2n) is 8.37. The third kappa shape index (κ3) is 4.50. The van der Waals surface area contributed by atoms with Crippen molar-refractivity contribution >= 4 is 11.8 Å². The second kappa shape index (κ2) is 8.76. The summed E-state index contributed by atoms with van der Waals surface area (Å²) < 4.78 is 0. The van der Waals surface area contributed by atoms with E-state index in [1.54, 1.807) is 12.4 Å². The summed E-state index contributed by atoms with van der Waals surface area (Å²) in [5.74, 6) is 0.359. The van der Waals surface area contributed by atoms with E-state index < -0.39 is 0 Å². The summed E-state index contributed by atoms with van der Waals surface area (Å²) in [5.41, 5.74) is 1.88. The topological polar surface area (TPSA) is 53.5 Å². The summed E-state index contributed by atoms with van der Waals surface area (Å²) in [4.78, 5) is 34.0. The van der Waals surface area contributed by atoms with E-state index in [0.29, 0.717) is 19.5 Å². The summed E-state index contributed by atoms with van der Waals surface area (Å²) >= 11 is 0. The van der Waals surface area contributed by atoms with Crippen molar-refractivity contribution in [2.24, 2.45) is 5.41 Å². The Hall–Kier alpha value is -2.69. The molecule has 5 nitrogen and oxygen atoms in total. The predicted molar refractivity (Wildman–Crippen MR) is 112 cm³/mol. The molecule has 0 unspecified atom stereocenters. The molecule has 4 rings (SSSR count). The number of amides is 2. The van der Waals surface area contributed by atoms with Gasteiger partial charge in [-0.15, -0.1) is 0 Å². The van der Waals surface area contributed by atoms with E-state index >= 15 is 0 Å². The predicted octanol–water partition coefficient (Wildman–Crippen LogP) is 3.10. The van der Waals surface area contributed by atoms with Crippen LogP contribution in [-0.4, -0.2) is 52.8 Å². The maximum atomic E-state index is 13.3. The molecule has 0 radical (unpaired) electrons. The van der Waals surface area contributed by atoms with E-state index in [0.717, 1.165) is 50.8 Å². The number of hydrogen-bond donors (Lipinski definition) is 0. The van der Waals surface area contributed by atoms with Gasteiger partial charge in [0.2, 0.25) is 11.8 Å². The standard InChI is InChI=1S/C24H29N3O2/c28-22(17-21-9-4-13-25-18-21)27-16-12-24(19-27)11-6-15-26(23(24)29)14-5-10-20-7-2-1-3-8-20/h1-4,7-9,13,18H,5-6,10-12,14-17,19H2/t24-/m0/s1. The molecule has 1 aromatic heterocycles. The van der Waals surface area contributed by atoms with Crippen molar-refractivity contribution in [3.8, 4) is 0 Å². The molecule has 0 bridgehead atoms. The van der Waals surface area contributed by atoms with Crippen molar-refractivity contribution in [3.63, 3.8) is 0 Å². The van der Waals surface area contributed by atoms with E-state index in [-0.39, 0.29) is 17.2 Å². The number of likely N-dealkylation sites (tertiary alicyclic amines) is 2. The van der Waals surface area contributed by atoms with Gasteiger partial charge in [-0.3, -0.25) is 14.6 Å². The van der Waals surface area contributed by atoms with Crippen LogP contribution in [0.15, 0.2) is 54.9 Å². The highest BCUT2D eigenvalue weighted by atomic mass is 16.2. The SMILES string of the molecule is O=C(Cc1cccnc1)N1CC[C@@]2(CCCN(CCCc3ccccc3)C2=O)C1. The zero-order valence-corrected chi connectivity index (χ0v) is 16.9. The van der Waals surface area contributed by atoms with Crippen LogP contribution in [0.25, 0.3) is 0 Å². The first-order valence-electron chi connectivity index (χ1n) is 10.7. The minimum atomic E-state index is -0.365. The van der Waals surface area contributed by atoms with Gasteiger partial charge in [-0.25, -0.2) is 0 Å². The molecule has 0 N–H and O–H groups in total. The van der Waals surface area contributed by atoms with E-state index in [2.05, 4.69) is 29.2 Å². The number of aromatic nitrogens is 1. The number of nitrogens with zero attached hydrogens (tertiary/aromatic N) is 3. The minimum Gasteiger partial charge on any atom is -0.342 e. The molecule has 3 heterocycles. The van der Waals surface area contributed by atoms with Gasteiger partial charge < -0.3 is 9.80 Å². The number of rotatable bonds is 6. The van der Waals surface area contributed by atoms with Crippen molar-refractivity contribution in [2.45, 2.75) is 38.5 Å². The van der Waals surface area contributed by atoms with Crippen LogP contribution < -0.4 is 0 Å². The van der Waals surface area contributed by atoms with Crippen LogP contribution in [0, 0.1) is 5.41 Å². The Morgan fingerprint density at radius 1 is 1.03 bits per heavy atom. The Morgan fingerprint density at radius 3 is 2.66 bits per heavy atom. The summed E-state index contributed by atoms with van der Waals surface area (Å²) in [6, 6.07) is 14.2. The number of pyridine rings is 1. The van der Waals surface area contributed by atoms with Gasteiger partial charge in [0, 0.05) is 38.6 Å². The molecule has 2 saturated heterocycles. The van der Waals surface area contributed by atoms with E-state index in [4.69, 9.17) is 0 Å². The Bertz CT molecular complexity index is 840. The molecule has 152 valence electrons. The van der Waals surface area contributed by atoms with Crippen LogP contribution in [0.2, 0.25) is 0 Å². The monoisotopic (exact) mass is 391 g/mol. The van der Waals surface area contributed by atoms with Gasteiger partial charge in [-0.05, 0) is 49.3 Å². The number of hydrogen-bond acceptors (Lipinski definition) is 3. The molecule has 0 aliphatic carbocycles. The molecule has 2 aliphatic rings. The fraction of sp³-hybridized carbons (Fsp3) is 0.458. The molecule has 0 saturated carbocycles. The van der Waals surface area contributed by atoms with E-state index in [1.165, 1.54) is 5.56 Å². The van der Waals surface area contributed by atoms with Crippen molar-refractivity contribution in [1.82, 2.24) is 14.8 Å².